The predicted octanol–water partition coefficient (Wildman–Crippen LogP) is 3.19. The average Bonchev–Trinajstić information content (AvgIpc) is 2.30. The van der Waals surface area contributed by atoms with E-state index in [4.69, 9.17) is 4.74 Å². The summed E-state index contributed by atoms with van der Waals surface area (Å²) in [7, 11) is 0. The molecule has 128 valence electrons. The van der Waals surface area contributed by atoms with Gasteiger partial charge in [-0.25, -0.2) is 0 Å². The van der Waals surface area contributed by atoms with Crippen molar-refractivity contribution in [3.63, 3.8) is 0 Å². The number of carbonyl (C=O) groups is 2. The number of ketones is 1. The smallest absolute Gasteiger partial charge is 0.320 e. The van der Waals surface area contributed by atoms with Crippen LogP contribution in [0.25, 0.3) is 0 Å². The van der Waals surface area contributed by atoms with Crippen LogP contribution in [-0.4, -0.2) is 30.9 Å². The van der Waals surface area contributed by atoms with Crippen LogP contribution in [0.15, 0.2) is 0 Å². The molecule has 0 aromatic carbocycles. The minimum Gasteiger partial charge on any atom is -0.462 e. The van der Waals surface area contributed by atoms with Crippen LogP contribution >= 0.6 is 0 Å². The van der Waals surface area contributed by atoms with Gasteiger partial charge in [-0.05, 0) is 46.2 Å². The Morgan fingerprint density at radius 3 is 1.55 bits per heavy atom. The standard InChI is InChI=1S/C12H22O3.C4H11N.2Ti/c1-7-12(8(2)3,10(6)13)11(14)15-9(4)5;1-3-5-4-2;;/h8-9H,7H2,1-6H3;5H,3-4H2,1-2H3;;. The van der Waals surface area contributed by atoms with Crippen molar-refractivity contribution in [2.24, 2.45) is 11.3 Å². The predicted molar refractivity (Wildman–Crippen MR) is 83.7 cm³/mol. The van der Waals surface area contributed by atoms with Gasteiger partial charge >= 0.3 is 5.97 Å². The Labute approximate surface area is 166 Å². The molecule has 1 atom stereocenters. The first-order valence-corrected chi connectivity index (χ1v) is 7.63. The Kier molecular flexibility index (Phi) is 22.7. The third kappa shape index (κ3) is 10.3. The normalized spacial score (nSPS) is 12.3. The molecule has 0 aliphatic heterocycles. The number of carbonyl (C=O) groups excluding carboxylic acids is 2. The van der Waals surface area contributed by atoms with E-state index in [9.17, 15) is 9.59 Å². The van der Waals surface area contributed by atoms with E-state index in [-0.39, 0.29) is 67.2 Å². The quantitative estimate of drug-likeness (QED) is 0.417. The Bertz CT molecular complexity index is 295. The number of ether oxygens (including phenoxy) is 1. The fraction of sp³-hybridized carbons (Fsp3) is 0.875. The van der Waals surface area contributed by atoms with E-state index in [1.54, 1.807) is 13.8 Å². The molecule has 0 aliphatic carbocycles. The minimum atomic E-state index is -0.968. The van der Waals surface area contributed by atoms with E-state index in [0.29, 0.717) is 6.42 Å². The summed E-state index contributed by atoms with van der Waals surface area (Å²) in [5.41, 5.74) is -0.968. The summed E-state index contributed by atoms with van der Waals surface area (Å²) in [4.78, 5) is 23.6. The monoisotopic (exact) mass is 383 g/mol. The third-order valence-corrected chi connectivity index (χ3v) is 3.38. The van der Waals surface area contributed by atoms with Crippen LogP contribution in [0.2, 0.25) is 0 Å². The first kappa shape index (κ1) is 30.4. The van der Waals surface area contributed by atoms with Crippen molar-refractivity contribution in [1.29, 1.82) is 0 Å². The molecule has 22 heavy (non-hydrogen) atoms. The summed E-state index contributed by atoms with van der Waals surface area (Å²) in [6.07, 6.45) is 0.312. The molecule has 0 rings (SSSR count). The zero-order valence-corrected chi connectivity index (χ0v) is 18.6. The molecule has 0 bridgehead atoms. The second kappa shape index (κ2) is 16.4. The second-order valence-electron chi connectivity index (χ2n) is 5.45. The van der Waals surface area contributed by atoms with Gasteiger partial charge in [0.25, 0.3) is 0 Å². The van der Waals surface area contributed by atoms with Crippen LogP contribution in [0.3, 0.4) is 0 Å². The molecule has 4 nitrogen and oxygen atoms in total. The van der Waals surface area contributed by atoms with Crippen molar-refractivity contribution in [2.75, 3.05) is 13.1 Å². The second-order valence-corrected chi connectivity index (χ2v) is 5.45. The van der Waals surface area contributed by atoms with Gasteiger partial charge in [-0.15, -0.1) is 0 Å². The minimum absolute atomic E-state index is 0. The van der Waals surface area contributed by atoms with Crippen molar-refractivity contribution >= 4 is 11.8 Å². The number of hydrogen-bond donors (Lipinski definition) is 1. The largest absolute Gasteiger partial charge is 0.462 e. The molecule has 0 aromatic heterocycles. The number of hydrogen-bond acceptors (Lipinski definition) is 4. The van der Waals surface area contributed by atoms with Crippen LogP contribution in [0.4, 0.5) is 0 Å². The maximum absolute atomic E-state index is 11.9. The van der Waals surface area contributed by atoms with Gasteiger partial charge in [-0.1, -0.05) is 34.6 Å². The van der Waals surface area contributed by atoms with Crippen molar-refractivity contribution in [2.45, 2.75) is 67.9 Å². The van der Waals surface area contributed by atoms with Crippen LogP contribution in [0.5, 0.6) is 0 Å². The first-order chi connectivity index (χ1) is 9.20. The summed E-state index contributed by atoms with van der Waals surface area (Å²) in [6.45, 7) is 17.0. The molecule has 0 saturated carbocycles. The van der Waals surface area contributed by atoms with Gasteiger partial charge in [-0.3, -0.25) is 9.59 Å². The van der Waals surface area contributed by atoms with E-state index < -0.39 is 5.41 Å². The Morgan fingerprint density at radius 2 is 1.41 bits per heavy atom. The van der Waals surface area contributed by atoms with E-state index in [1.165, 1.54) is 6.92 Å². The fourth-order valence-electron chi connectivity index (χ4n) is 2.16. The molecule has 0 radical (unpaired) electrons. The molecule has 0 saturated heterocycles. The van der Waals surface area contributed by atoms with Gasteiger partial charge in [0.1, 0.15) is 11.2 Å². The van der Waals surface area contributed by atoms with Gasteiger partial charge in [0, 0.05) is 43.4 Å². The summed E-state index contributed by atoms with van der Waals surface area (Å²) < 4.78 is 5.17. The van der Waals surface area contributed by atoms with Gasteiger partial charge in [0.2, 0.25) is 0 Å². The van der Waals surface area contributed by atoms with Crippen LogP contribution in [0.1, 0.15) is 61.8 Å². The summed E-state index contributed by atoms with van der Waals surface area (Å²) >= 11 is 0. The molecular formula is C16H33NO3Ti2. The third-order valence-electron chi connectivity index (χ3n) is 3.38. The maximum atomic E-state index is 11.9. The number of rotatable bonds is 7. The molecule has 1 unspecified atom stereocenters. The van der Waals surface area contributed by atoms with Crippen molar-refractivity contribution in [3.05, 3.63) is 0 Å². The van der Waals surface area contributed by atoms with E-state index in [1.807, 2.05) is 20.8 Å². The van der Waals surface area contributed by atoms with E-state index >= 15 is 0 Å². The molecular weight excluding hydrogens is 350 g/mol. The van der Waals surface area contributed by atoms with E-state index in [0.717, 1.165) is 13.1 Å². The van der Waals surface area contributed by atoms with Crippen molar-refractivity contribution < 1.29 is 57.8 Å². The maximum Gasteiger partial charge on any atom is 0.320 e. The zero-order chi connectivity index (χ0) is 16.3. The molecule has 0 aromatic rings. The fourth-order valence-corrected chi connectivity index (χ4v) is 2.16. The van der Waals surface area contributed by atoms with E-state index in [2.05, 4.69) is 19.2 Å². The molecule has 6 heteroatoms. The van der Waals surface area contributed by atoms with Gasteiger partial charge < -0.3 is 10.1 Å². The van der Waals surface area contributed by atoms with Gasteiger partial charge in [-0.2, -0.15) is 0 Å². The SMILES string of the molecule is CCC(C(C)=O)(C(=O)OC(C)C)C(C)C.CCNCC.[Ti].[Ti]. The zero-order valence-electron chi connectivity index (χ0n) is 15.5. The number of nitrogens with one attached hydrogen (secondary N) is 1. The molecule has 1 N–H and O–H groups in total. The summed E-state index contributed by atoms with van der Waals surface area (Å²) in [5, 5.41) is 3.11. The van der Waals surface area contributed by atoms with Crippen LogP contribution in [-0.2, 0) is 57.8 Å². The summed E-state index contributed by atoms with van der Waals surface area (Å²) in [5.74, 6) is -0.528. The molecule has 0 fully saturated rings. The Morgan fingerprint density at radius 1 is 1.00 bits per heavy atom. The van der Waals surface area contributed by atoms with Gasteiger partial charge in [0.05, 0.1) is 6.10 Å². The Hall–Kier alpha value is 0.529. The molecule has 0 spiro atoms. The topological polar surface area (TPSA) is 55.4 Å². The van der Waals surface area contributed by atoms with Crippen molar-refractivity contribution in [3.8, 4) is 0 Å². The van der Waals surface area contributed by atoms with Crippen LogP contribution < -0.4 is 5.32 Å². The molecule has 0 amide bonds. The molecule has 0 aliphatic rings. The first-order valence-electron chi connectivity index (χ1n) is 7.63. The Balaban J connectivity index is -0.000000201. The average molecular weight is 383 g/mol. The summed E-state index contributed by atoms with van der Waals surface area (Å²) in [6, 6.07) is 0. The molecule has 0 heterocycles. The van der Waals surface area contributed by atoms with Gasteiger partial charge in [0.15, 0.2) is 0 Å². The van der Waals surface area contributed by atoms with Crippen molar-refractivity contribution in [1.82, 2.24) is 5.32 Å². The number of esters is 1. The van der Waals surface area contributed by atoms with Crippen LogP contribution in [0, 0.1) is 11.3 Å². The number of Topliss-reactive ketones (excluding diaryl/α,β-unsaturated/α-hetero) is 1.